The number of nitrogens with zero attached hydrogens (tertiary/aromatic N) is 2. The molecule has 0 spiro atoms. The highest BCUT2D eigenvalue weighted by molar-refractivity contribution is 5.47. The molecule has 0 saturated carbocycles. The Morgan fingerprint density at radius 1 is 1.62 bits per heavy atom. The summed E-state index contributed by atoms with van der Waals surface area (Å²) >= 11 is 0. The maximum Gasteiger partial charge on any atom is 0.133 e. The summed E-state index contributed by atoms with van der Waals surface area (Å²) in [6, 6.07) is 3.86. The maximum atomic E-state index is 9.09. The normalized spacial score (nSPS) is 21.1. The highest BCUT2D eigenvalue weighted by Crippen LogP contribution is 2.19. The van der Waals surface area contributed by atoms with Crippen LogP contribution in [0.2, 0.25) is 0 Å². The minimum absolute atomic E-state index is 0.0429. The molecule has 5 nitrogen and oxygen atoms in total. The van der Waals surface area contributed by atoms with Crippen LogP contribution in [0.4, 0.5) is 5.82 Å². The van der Waals surface area contributed by atoms with Crippen LogP contribution >= 0.6 is 0 Å². The molecule has 0 aromatic carbocycles. The average Bonchev–Trinajstić information content (AvgIpc) is 2.38. The zero-order valence-corrected chi connectivity index (χ0v) is 9.17. The second kappa shape index (κ2) is 5.25. The van der Waals surface area contributed by atoms with Crippen LogP contribution < -0.4 is 10.6 Å². The first-order valence-corrected chi connectivity index (χ1v) is 5.46. The van der Waals surface area contributed by atoms with Gasteiger partial charge >= 0.3 is 0 Å². The molecule has 0 amide bonds. The first kappa shape index (κ1) is 11.3. The van der Waals surface area contributed by atoms with E-state index in [2.05, 4.69) is 9.88 Å². The lowest BCUT2D eigenvalue weighted by Crippen LogP contribution is -2.44. The van der Waals surface area contributed by atoms with Crippen molar-refractivity contribution in [2.75, 3.05) is 31.2 Å². The monoisotopic (exact) mass is 223 g/mol. The molecule has 1 atom stereocenters. The maximum absolute atomic E-state index is 9.09. The van der Waals surface area contributed by atoms with Crippen LogP contribution in [0.25, 0.3) is 0 Å². The van der Waals surface area contributed by atoms with Crippen LogP contribution in [0, 0.1) is 0 Å². The number of ether oxygens (including phenoxy) is 1. The number of aliphatic hydroxyl groups is 1. The van der Waals surface area contributed by atoms with Crippen molar-refractivity contribution in [2.45, 2.75) is 12.6 Å². The van der Waals surface area contributed by atoms with Crippen LogP contribution in [0.15, 0.2) is 18.3 Å². The Kier molecular flexibility index (Phi) is 3.71. The molecule has 1 unspecified atom stereocenters. The van der Waals surface area contributed by atoms with Crippen molar-refractivity contribution in [2.24, 2.45) is 5.73 Å². The number of hydrogen-bond acceptors (Lipinski definition) is 5. The van der Waals surface area contributed by atoms with Gasteiger partial charge in [-0.2, -0.15) is 0 Å². The molecular formula is C11H17N3O2. The fourth-order valence-corrected chi connectivity index (χ4v) is 1.90. The number of rotatable bonds is 3. The van der Waals surface area contributed by atoms with Gasteiger partial charge in [0.2, 0.25) is 0 Å². The molecule has 16 heavy (non-hydrogen) atoms. The quantitative estimate of drug-likeness (QED) is 0.738. The Balaban J connectivity index is 2.16. The number of anilines is 1. The lowest BCUT2D eigenvalue weighted by Gasteiger charge is -2.33. The number of aromatic nitrogens is 1. The number of nitrogens with two attached hydrogens (primary N) is 1. The molecule has 0 aliphatic carbocycles. The van der Waals surface area contributed by atoms with Crippen molar-refractivity contribution in [3.05, 3.63) is 23.9 Å². The summed E-state index contributed by atoms with van der Waals surface area (Å²) < 4.78 is 5.40. The molecule has 1 aromatic rings. The Morgan fingerprint density at radius 3 is 3.25 bits per heavy atom. The molecule has 1 fully saturated rings. The van der Waals surface area contributed by atoms with Gasteiger partial charge in [0.15, 0.2) is 0 Å². The summed E-state index contributed by atoms with van der Waals surface area (Å²) in [5.41, 5.74) is 6.71. The predicted octanol–water partition coefficient (Wildman–Crippen LogP) is -0.262. The average molecular weight is 223 g/mol. The molecule has 2 rings (SSSR count). The van der Waals surface area contributed by atoms with Gasteiger partial charge in [0.25, 0.3) is 0 Å². The van der Waals surface area contributed by atoms with Gasteiger partial charge in [0.1, 0.15) is 5.82 Å². The second-order valence-corrected chi connectivity index (χ2v) is 3.81. The van der Waals surface area contributed by atoms with Gasteiger partial charge < -0.3 is 20.5 Å². The van der Waals surface area contributed by atoms with E-state index in [4.69, 9.17) is 15.6 Å². The van der Waals surface area contributed by atoms with Crippen molar-refractivity contribution in [1.29, 1.82) is 0 Å². The molecule has 1 saturated heterocycles. The summed E-state index contributed by atoms with van der Waals surface area (Å²) in [5, 5.41) is 9.09. The third-order valence-electron chi connectivity index (χ3n) is 2.73. The topological polar surface area (TPSA) is 71.6 Å². The van der Waals surface area contributed by atoms with Crippen LogP contribution in [-0.4, -0.2) is 42.5 Å². The molecule has 5 heteroatoms. The van der Waals surface area contributed by atoms with Crippen molar-refractivity contribution < 1.29 is 9.84 Å². The first-order valence-electron chi connectivity index (χ1n) is 5.46. The first-order chi connectivity index (χ1) is 7.85. The van der Waals surface area contributed by atoms with E-state index in [1.54, 1.807) is 6.20 Å². The molecule has 1 aliphatic heterocycles. The molecule has 0 bridgehead atoms. The number of hydrogen-bond donors (Lipinski definition) is 2. The molecular weight excluding hydrogens is 206 g/mol. The van der Waals surface area contributed by atoms with Crippen LogP contribution in [0.5, 0.6) is 0 Å². The minimum atomic E-state index is -0.124. The van der Waals surface area contributed by atoms with E-state index in [0.29, 0.717) is 19.7 Å². The van der Waals surface area contributed by atoms with Crippen LogP contribution in [0.3, 0.4) is 0 Å². The van der Waals surface area contributed by atoms with E-state index in [9.17, 15) is 0 Å². The zero-order chi connectivity index (χ0) is 11.4. The minimum Gasteiger partial charge on any atom is -0.394 e. The lowest BCUT2D eigenvalue weighted by molar-refractivity contribution is 0.00332. The Hall–Kier alpha value is -1.17. The van der Waals surface area contributed by atoms with E-state index in [-0.39, 0.29) is 12.7 Å². The van der Waals surface area contributed by atoms with E-state index in [1.807, 2.05) is 12.1 Å². The largest absolute Gasteiger partial charge is 0.394 e. The second-order valence-electron chi connectivity index (χ2n) is 3.81. The van der Waals surface area contributed by atoms with Gasteiger partial charge in [-0.1, -0.05) is 6.07 Å². The van der Waals surface area contributed by atoms with E-state index < -0.39 is 0 Å². The van der Waals surface area contributed by atoms with Gasteiger partial charge in [-0.3, -0.25) is 0 Å². The Morgan fingerprint density at radius 2 is 2.50 bits per heavy atom. The van der Waals surface area contributed by atoms with E-state index in [1.165, 1.54) is 0 Å². The summed E-state index contributed by atoms with van der Waals surface area (Å²) in [7, 11) is 0. The highest BCUT2D eigenvalue weighted by Gasteiger charge is 2.21. The molecule has 2 heterocycles. The van der Waals surface area contributed by atoms with E-state index >= 15 is 0 Å². The fraction of sp³-hybridized carbons (Fsp3) is 0.545. The zero-order valence-electron chi connectivity index (χ0n) is 9.17. The molecule has 1 aliphatic rings. The Bertz CT molecular complexity index is 346. The number of pyridine rings is 1. The smallest absolute Gasteiger partial charge is 0.133 e. The predicted molar refractivity (Wildman–Crippen MR) is 61.2 cm³/mol. The van der Waals surface area contributed by atoms with Crippen LogP contribution in [0.1, 0.15) is 5.56 Å². The van der Waals surface area contributed by atoms with Gasteiger partial charge in [0.05, 0.1) is 19.3 Å². The van der Waals surface area contributed by atoms with Crippen molar-refractivity contribution in [1.82, 2.24) is 4.98 Å². The SMILES string of the molecule is NCc1cccnc1N1CCOC(CO)C1. The Labute approximate surface area is 94.8 Å². The van der Waals surface area contributed by atoms with Crippen LogP contribution in [-0.2, 0) is 11.3 Å². The van der Waals surface area contributed by atoms with Crippen molar-refractivity contribution >= 4 is 5.82 Å². The summed E-state index contributed by atoms with van der Waals surface area (Å²) in [6.07, 6.45) is 1.64. The molecule has 88 valence electrons. The summed E-state index contributed by atoms with van der Waals surface area (Å²) in [6.45, 7) is 2.60. The molecule has 3 N–H and O–H groups in total. The summed E-state index contributed by atoms with van der Waals surface area (Å²) in [4.78, 5) is 6.47. The molecule has 0 radical (unpaired) electrons. The van der Waals surface area contributed by atoms with Crippen molar-refractivity contribution in [3.63, 3.8) is 0 Å². The highest BCUT2D eigenvalue weighted by atomic mass is 16.5. The third-order valence-corrected chi connectivity index (χ3v) is 2.73. The van der Waals surface area contributed by atoms with Gasteiger partial charge in [-0.15, -0.1) is 0 Å². The third kappa shape index (κ3) is 2.32. The molecule has 1 aromatic heterocycles. The number of morpholine rings is 1. The van der Waals surface area contributed by atoms with E-state index in [0.717, 1.165) is 17.9 Å². The van der Waals surface area contributed by atoms with Gasteiger partial charge in [0, 0.05) is 31.4 Å². The number of aliphatic hydroxyl groups excluding tert-OH is 1. The standard InChI is InChI=1S/C11H17N3O2/c12-6-9-2-1-3-13-11(9)14-4-5-16-10(7-14)8-15/h1-3,10,15H,4-8,12H2. The van der Waals surface area contributed by atoms with Gasteiger partial charge in [-0.05, 0) is 6.07 Å². The van der Waals surface area contributed by atoms with Crippen molar-refractivity contribution in [3.8, 4) is 0 Å². The van der Waals surface area contributed by atoms with Gasteiger partial charge in [-0.25, -0.2) is 4.98 Å². The summed E-state index contributed by atoms with van der Waals surface area (Å²) in [5.74, 6) is 0.909. The lowest BCUT2D eigenvalue weighted by atomic mass is 10.2. The fourth-order valence-electron chi connectivity index (χ4n) is 1.90.